The number of rotatable bonds is 6. The van der Waals surface area contributed by atoms with Crippen LogP contribution in [0.15, 0.2) is 29.1 Å². The van der Waals surface area contributed by atoms with Crippen LogP contribution in [0.25, 0.3) is 10.9 Å². The molecule has 2 aromatic rings. The molecule has 9 nitrogen and oxygen atoms in total. The van der Waals surface area contributed by atoms with Crippen molar-refractivity contribution in [1.29, 1.82) is 0 Å². The zero-order chi connectivity index (χ0) is 23.3. The number of carbonyl (C=O) groups is 2. The molecule has 32 heavy (non-hydrogen) atoms. The monoisotopic (exact) mass is 443 g/mol. The number of ether oxygens (including phenoxy) is 1. The number of aromatic nitrogens is 2. The number of amides is 2. The number of fused-ring (bicyclic) bond motifs is 1. The SMILES string of the molecule is CC(c1nc2ccccc2c(=O)[nH]1)N1CCCC(C(=O)NCCNC(=O)OC(C)(C)C)C1. The number of likely N-dealkylation sites (tertiary alicyclic amines) is 1. The number of H-pyrrole nitrogens is 1. The van der Waals surface area contributed by atoms with Gasteiger partial charge in [-0.15, -0.1) is 0 Å². The number of benzene rings is 1. The average molecular weight is 444 g/mol. The van der Waals surface area contributed by atoms with Crippen molar-refractivity contribution in [3.63, 3.8) is 0 Å². The van der Waals surface area contributed by atoms with Crippen LogP contribution in [-0.4, -0.2) is 58.6 Å². The minimum Gasteiger partial charge on any atom is -0.444 e. The summed E-state index contributed by atoms with van der Waals surface area (Å²) in [7, 11) is 0. The van der Waals surface area contributed by atoms with Crippen LogP contribution in [0, 0.1) is 5.92 Å². The van der Waals surface area contributed by atoms with Gasteiger partial charge >= 0.3 is 6.09 Å². The van der Waals surface area contributed by atoms with Gasteiger partial charge in [0.2, 0.25) is 5.91 Å². The van der Waals surface area contributed by atoms with E-state index in [-0.39, 0.29) is 23.4 Å². The lowest BCUT2D eigenvalue weighted by Gasteiger charge is -2.35. The van der Waals surface area contributed by atoms with Gasteiger partial charge in [-0.05, 0) is 59.2 Å². The number of para-hydroxylation sites is 1. The Kier molecular flexibility index (Phi) is 7.50. The Hall–Kier alpha value is -2.94. The molecule has 2 atom stereocenters. The van der Waals surface area contributed by atoms with Gasteiger partial charge in [-0.3, -0.25) is 14.5 Å². The second-order valence-electron chi connectivity index (χ2n) is 9.20. The Balaban J connectivity index is 1.53. The lowest BCUT2D eigenvalue weighted by Crippen LogP contribution is -2.45. The first kappa shape index (κ1) is 23.7. The largest absolute Gasteiger partial charge is 0.444 e. The predicted molar refractivity (Wildman–Crippen MR) is 122 cm³/mol. The van der Waals surface area contributed by atoms with Crippen molar-refractivity contribution in [2.75, 3.05) is 26.2 Å². The smallest absolute Gasteiger partial charge is 0.407 e. The summed E-state index contributed by atoms with van der Waals surface area (Å²) in [4.78, 5) is 46.5. The van der Waals surface area contributed by atoms with Crippen LogP contribution >= 0.6 is 0 Å². The number of hydrogen-bond acceptors (Lipinski definition) is 6. The maximum atomic E-state index is 12.7. The molecule has 1 fully saturated rings. The summed E-state index contributed by atoms with van der Waals surface area (Å²) < 4.78 is 5.18. The van der Waals surface area contributed by atoms with Crippen molar-refractivity contribution in [1.82, 2.24) is 25.5 Å². The first-order valence-corrected chi connectivity index (χ1v) is 11.1. The normalized spacial score (nSPS) is 18.2. The van der Waals surface area contributed by atoms with E-state index in [1.165, 1.54) is 0 Å². The second kappa shape index (κ2) is 10.1. The van der Waals surface area contributed by atoms with Crippen LogP contribution in [-0.2, 0) is 9.53 Å². The molecule has 0 spiro atoms. The van der Waals surface area contributed by atoms with Crippen LogP contribution in [0.2, 0.25) is 0 Å². The second-order valence-corrected chi connectivity index (χ2v) is 9.20. The van der Waals surface area contributed by atoms with Gasteiger partial charge in [0, 0.05) is 19.6 Å². The molecule has 1 aliphatic heterocycles. The Morgan fingerprint density at radius 2 is 1.97 bits per heavy atom. The van der Waals surface area contributed by atoms with Crippen molar-refractivity contribution in [2.45, 2.75) is 52.2 Å². The lowest BCUT2D eigenvalue weighted by molar-refractivity contribution is -0.127. The zero-order valence-corrected chi connectivity index (χ0v) is 19.2. The quantitative estimate of drug-likeness (QED) is 0.590. The van der Waals surface area contributed by atoms with E-state index < -0.39 is 11.7 Å². The Bertz CT molecular complexity index is 1010. The third-order valence-electron chi connectivity index (χ3n) is 5.49. The van der Waals surface area contributed by atoms with E-state index >= 15 is 0 Å². The maximum Gasteiger partial charge on any atom is 0.407 e. The van der Waals surface area contributed by atoms with Crippen molar-refractivity contribution in [3.8, 4) is 0 Å². The summed E-state index contributed by atoms with van der Waals surface area (Å²) in [5.41, 5.74) is -0.0390. The molecule has 0 bridgehead atoms. The fourth-order valence-electron chi connectivity index (χ4n) is 3.86. The third kappa shape index (κ3) is 6.29. The third-order valence-corrected chi connectivity index (χ3v) is 5.49. The molecule has 9 heteroatoms. The molecule has 1 aliphatic rings. The number of aromatic amines is 1. The minimum absolute atomic E-state index is 0.0344. The molecule has 1 aromatic carbocycles. The highest BCUT2D eigenvalue weighted by Crippen LogP contribution is 2.25. The van der Waals surface area contributed by atoms with E-state index in [9.17, 15) is 14.4 Å². The first-order valence-electron chi connectivity index (χ1n) is 11.1. The minimum atomic E-state index is -0.556. The summed E-state index contributed by atoms with van der Waals surface area (Å²) in [6, 6.07) is 7.16. The summed E-state index contributed by atoms with van der Waals surface area (Å²) >= 11 is 0. The molecule has 0 radical (unpaired) electrons. The van der Waals surface area contributed by atoms with Crippen molar-refractivity contribution in [3.05, 3.63) is 40.4 Å². The average Bonchev–Trinajstić information content (AvgIpc) is 2.75. The highest BCUT2D eigenvalue weighted by Gasteiger charge is 2.29. The van der Waals surface area contributed by atoms with E-state index in [1.54, 1.807) is 26.8 Å². The Morgan fingerprint density at radius 3 is 2.72 bits per heavy atom. The van der Waals surface area contributed by atoms with Gasteiger partial charge in [0.05, 0.1) is 22.9 Å². The van der Waals surface area contributed by atoms with Crippen LogP contribution in [0.5, 0.6) is 0 Å². The van der Waals surface area contributed by atoms with Crippen LogP contribution in [0.3, 0.4) is 0 Å². The van der Waals surface area contributed by atoms with Crippen LogP contribution in [0.1, 0.15) is 52.4 Å². The fourth-order valence-corrected chi connectivity index (χ4v) is 3.86. The van der Waals surface area contributed by atoms with Gasteiger partial charge in [-0.25, -0.2) is 9.78 Å². The Morgan fingerprint density at radius 1 is 1.25 bits per heavy atom. The van der Waals surface area contributed by atoms with Gasteiger partial charge in [0.25, 0.3) is 5.56 Å². The first-order chi connectivity index (χ1) is 15.1. The van der Waals surface area contributed by atoms with Gasteiger partial charge in [-0.2, -0.15) is 0 Å². The number of nitrogens with one attached hydrogen (secondary N) is 3. The van der Waals surface area contributed by atoms with Gasteiger partial charge in [0.1, 0.15) is 11.4 Å². The van der Waals surface area contributed by atoms with E-state index in [2.05, 4.69) is 25.5 Å². The molecule has 2 unspecified atom stereocenters. The number of nitrogens with zero attached hydrogens (tertiary/aromatic N) is 2. The highest BCUT2D eigenvalue weighted by atomic mass is 16.6. The number of carbonyl (C=O) groups excluding carboxylic acids is 2. The van der Waals surface area contributed by atoms with Crippen molar-refractivity contribution < 1.29 is 14.3 Å². The van der Waals surface area contributed by atoms with Crippen molar-refractivity contribution >= 4 is 22.9 Å². The molecule has 2 amide bonds. The van der Waals surface area contributed by atoms with Crippen LogP contribution in [0.4, 0.5) is 4.79 Å². The summed E-state index contributed by atoms with van der Waals surface area (Å²) in [5.74, 6) is 0.420. The fraction of sp³-hybridized carbons (Fsp3) is 0.565. The van der Waals surface area contributed by atoms with Crippen LogP contribution < -0.4 is 16.2 Å². The topological polar surface area (TPSA) is 116 Å². The molecule has 174 valence electrons. The molecule has 3 rings (SSSR count). The molecule has 3 N–H and O–H groups in total. The van der Waals surface area contributed by atoms with E-state index in [1.807, 2.05) is 25.1 Å². The van der Waals surface area contributed by atoms with Gasteiger partial charge in [-0.1, -0.05) is 12.1 Å². The zero-order valence-electron chi connectivity index (χ0n) is 19.2. The van der Waals surface area contributed by atoms with E-state index in [0.29, 0.717) is 36.4 Å². The lowest BCUT2D eigenvalue weighted by atomic mass is 9.96. The standard InChI is InChI=1S/C23H33N5O4/c1-15(19-26-18-10-6-5-9-17(18)21(30)27-19)28-13-7-8-16(14-28)20(29)24-11-12-25-22(31)32-23(2,3)4/h5-6,9-10,15-16H,7-8,11-14H2,1-4H3,(H,24,29)(H,25,31)(H,26,27,30). The molecule has 1 aromatic heterocycles. The Labute approximate surface area is 187 Å². The molecule has 0 saturated carbocycles. The summed E-state index contributed by atoms with van der Waals surface area (Å²) in [6.45, 7) is 9.45. The highest BCUT2D eigenvalue weighted by molar-refractivity contribution is 5.79. The van der Waals surface area contributed by atoms with Gasteiger partial charge < -0.3 is 20.4 Å². The maximum absolute atomic E-state index is 12.7. The molecular weight excluding hydrogens is 410 g/mol. The number of alkyl carbamates (subject to hydrolysis) is 1. The molecule has 0 aliphatic carbocycles. The van der Waals surface area contributed by atoms with Gasteiger partial charge in [0.15, 0.2) is 0 Å². The van der Waals surface area contributed by atoms with E-state index in [0.717, 1.165) is 19.4 Å². The predicted octanol–water partition coefficient (Wildman–Crippen LogP) is 2.34. The van der Waals surface area contributed by atoms with Crippen molar-refractivity contribution in [2.24, 2.45) is 5.92 Å². The number of hydrogen-bond donors (Lipinski definition) is 3. The summed E-state index contributed by atoms with van der Waals surface area (Å²) in [6.07, 6.45) is 1.19. The molecule has 1 saturated heterocycles. The molecule has 2 heterocycles. The summed E-state index contributed by atoms with van der Waals surface area (Å²) in [5, 5.41) is 6.10. The van der Waals surface area contributed by atoms with E-state index in [4.69, 9.17) is 4.74 Å². The number of piperidine rings is 1. The molecular formula is C23H33N5O4.